The van der Waals surface area contributed by atoms with Gasteiger partial charge in [-0.15, -0.1) is 0 Å². The normalized spacial score (nSPS) is 16.1. The molecule has 0 aliphatic carbocycles. The van der Waals surface area contributed by atoms with Crippen molar-refractivity contribution in [2.75, 3.05) is 24.6 Å². The van der Waals surface area contributed by atoms with Gasteiger partial charge in [-0.05, 0) is 0 Å². The van der Waals surface area contributed by atoms with Gasteiger partial charge in [0.1, 0.15) is 0 Å². The number of rotatable bonds is 3. The van der Waals surface area contributed by atoms with Crippen LogP contribution in [0.5, 0.6) is 0 Å². The van der Waals surface area contributed by atoms with Gasteiger partial charge in [0, 0.05) is 24.6 Å². The van der Waals surface area contributed by atoms with Crippen LogP contribution in [0, 0.1) is 0 Å². The number of thioether (sulfide) groups is 1. The van der Waals surface area contributed by atoms with Gasteiger partial charge in [-0.3, -0.25) is 4.79 Å². The Hall–Kier alpha value is 0.210. The molecule has 1 aliphatic rings. The van der Waals surface area contributed by atoms with E-state index in [0.29, 0.717) is 0 Å². The molecular weight excluding hydrogens is 245 g/mol. The summed E-state index contributed by atoms with van der Waals surface area (Å²) in [5.74, 6) is -0.234. The van der Waals surface area contributed by atoms with Crippen LogP contribution in [0.1, 0.15) is 6.42 Å². The van der Waals surface area contributed by atoms with E-state index < -0.39 is 24.5 Å². The fraction of sp³-hybridized carbons (Fsp3) is 0.750. The summed E-state index contributed by atoms with van der Waals surface area (Å²) >= 11 is 2.03. The predicted octanol–water partition coefficient (Wildman–Crippen LogP) is -1.42. The zero-order valence-corrected chi connectivity index (χ0v) is 9.00. The minimum absolute atomic E-state index is 0. The van der Waals surface area contributed by atoms with Crippen LogP contribution in [0.2, 0.25) is 0 Å². The molecule has 0 spiro atoms. The molecule has 1 aliphatic heterocycles. The second kappa shape index (κ2) is 11.7. The molecule has 0 aromatic heterocycles. The quantitative estimate of drug-likeness (QED) is 0.462. The van der Waals surface area contributed by atoms with E-state index in [1.54, 1.807) is 0 Å². The maximum atomic E-state index is 9.72. The molecule has 1 unspecified atom stereocenters. The molecule has 90 valence electrons. The zero-order valence-electron chi connectivity index (χ0n) is 8.18. The van der Waals surface area contributed by atoms with Crippen molar-refractivity contribution in [2.45, 2.75) is 12.5 Å². The molecule has 8 heteroatoms. The minimum atomic E-state index is -1.79. The molecule has 0 saturated carbocycles. The Labute approximate surface area is 120 Å². The van der Waals surface area contributed by atoms with Gasteiger partial charge in [0.2, 0.25) is 0 Å². The molecule has 0 amide bonds. The Kier molecular flexibility index (Phi) is 13.6. The Balaban J connectivity index is 0. The van der Waals surface area contributed by atoms with Crippen molar-refractivity contribution in [1.82, 2.24) is 5.32 Å². The van der Waals surface area contributed by atoms with Crippen molar-refractivity contribution in [3.05, 3.63) is 0 Å². The predicted molar refractivity (Wildman–Crippen MR) is 63.2 cm³/mol. The second-order valence-corrected chi connectivity index (χ2v) is 4.04. The first-order valence-corrected chi connectivity index (χ1v) is 5.60. The maximum absolute atomic E-state index is 9.72. The van der Waals surface area contributed by atoms with Gasteiger partial charge in [-0.1, -0.05) is 0 Å². The molecule has 1 atom stereocenters. The van der Waals surface area contributed by atoms with Crippen molar-refractivity contribution in [1.29, 1.82) is 0 Å². The molecule has 0 aromatic carbocycles. The van der Waals surface area contributed by atoms with Crippen molar-refractivity contribution >= 4 is 53.3 Å². The topological polar surface area (TPSA) is 107 Å². The Morgan fingerprint density at radius 2 is 1.75 bits per heavy atom. The zero-order chi connectivity index (χ0) is 11.7. The third-order valence-corrected chi connectivity index (χ3v) is 2.48. The van der Waals surface area contributed by atoms with Crippen LogP contribution in [0.4, 0.5) is 0 Å². The van der Waals surface area contributed by atoms with Gasteiger partial charge < -0.3 is 20.6 Å². The van der Waals surface area contributed by atoms with Gasteiger partial charge in [0.15, 0.2) is 6.10 Å². The fourth-order valence-corrected chi connectivity index (χ4v) is 1.55. The number of carboxylic acid groups (broad SMARTS) is 2. The molecule has 1 heterocycles. The van der Waals surface area contributed by atoms with E-state index in [4.69, 9.17) is 15.3 Å². The van der Waals surface area contributed by atoms with Crippen LogP contribution in [-0.4, -0.2) is 87.5 Å². The first-order chi connectivity index (χ1) is 7.04. The Bertz CT molecular complexity index is 201. The van der Waals surface area contributed by atoms with Crippen LogP contribution in [-0.2, 0) is 9.59 Å². The number of carboxylic acids is 2. The van der Waals surface area contributed by atoms with Gasteiger partial charge in [0.05, 0.1) is 6.42 Å². The summed E-state index contributed by atoms with van der Waals surface area (Å²) in [7, 11) is 0. The number of hydrogen-bond donors (Lipinski definition) is 4. The van der Waals surface area contributed by atoms with Gasteiger partial charge in [-0.25, -0.2) is 4.79 Å². The Morgan fingerprint density at radius 1 is 1.25 bits per heavy atom. The summed E-state index contributed by atoms with van der Waals surface area (Å²) in [5.41, 5.74) is 0. The molecular formula is C8H16NNaO5S. The summed E-state index contributed by atoms with van der Waals surface area (Å²) in [6.45, 7) is 2.43. The fourth-order valence-electron chi connectivity index (χ4n) is 0.768. The molecule has 16 heavy (non-hydrogen) atoms. The second-order valence-electron chi connectivity index (χ2n) is 2.81. The average Bonchev–Trinajstić information content (AvgIpc) is 2.20. The van der Waals surface area contributed by atoms with Crippen LogP contribution in [0.3, 0.4) is 0 Å². The third-order valence-electron chi connectivity index (χ3n) is 1.50. The van der Waals surface area contributed by atoms with E-state index in [2.05, 4.69) is 5.32 Å². The van der Waals surface area contributed by atoms with Crippen molar-refractivity contribution in [3.8, 4) is 0 Å². The van der Waals surface area contributed by atoms with Crippen molar-refractivity contribution < 1.29 is 24.9 Å². The van der Waals surface area contributed by atoms with Crippen LogP contribution in [0.25, 0.3) is 0 Å². The molecule has 1 fully saturated rings. The summed E-state index contributed by atoms with van der Waals surface area (Å²) < 4.78 is 0. The molecule has 0 radical (unpaired) electrons. The summed E-state index contributed by atoms with van der Waals surface area (Å²) in [6, 6.07) is 0. The third kappa shape index (κ3) is 12.3. The summed E-state index contributed by atoms with van der Waals surface area (Å²) in [5, 5.41) is 27.4. The van der Waals surface area contributed by atoms with Gasteiger partial charge >= 0.3 is 41.5 Å². The number of hydrogen-bond acceptors (Lipinski definition) is 5. The van der Waals surface area contributed by atoms with E-state index in [-0.39, 0.29) is 29.6 Å². The first kappa shape index (κ1) is 18.6. The van der Waals surface area contributed by atoms with E-state index >= 15 is 0 Å². The number of carbonyl (C=O) groups is 2. The molecule has 4 N–H and O–H groups in total. The van der Waals surface area contributed by atoms with Crippen LogP contribution in [0.15, 0.2) is 0 Å². The number of nitrogens with one attached hydrogen (secondary N) is 1. The molecule has 0 aromatic rings. The number of aliphatic carboxylic acids is 2. The average molecular weight is 261 g/mol. The van der Waals surface area contributed by atoms with E-state index in [9.17, 15) is 9.59 Å². The SMILES string of the molecule is C1CSCCN1.O=C(O)CC(O)C(=O)O.[NaH]. The standard InChI is InChI=1S/C4H9NS.C4H6O5.Na.H/c1-3-6-4-2-5-1;5-2(4(8)9)1-3(6)7;;/h5H,1-4H2;2,5H,1H2,(H,6,7)(H,8,9);;. The van der Waals surface area contributed by atoms with Gasteiger partial charge in [0.25, 0.3) is 0 Å². The van der Waals surface area contributed by atoms with Crippen molar-refractivity contribution in [2.24, 2.45) is 0 Å². The van der Waals surface area contributed by atoms with E-state index in [1.807, 2.05) is 11.8 Å². The van der Waals surface area contributed by atoms with Crippen LogP contribution < -0.4 is 5.32 Å². The monoisotopic (exact) mass is 261 g/mol. The number of aliphatic hydroxyl groups is 1. The van der Waals surface area contributed by atoms with E-state index in [0.717, 1.165) is 0 Å². The van der Waals surface area contributed by atoms with Crippen LogP contribution >= 0.6 is 11.8 Å². The summed E-state index contributed by atoms with van der Waals surface area (Å²) in [4.78, 5) is 19.4. The molecule has 1 rings (SSSR count). The van der Waals surface area contributed by atoms with Gasteiger partial charge in [-0.2, -0.15) is 11.8 Å². The Morgan fingerprint density at radius 3 is 1.88 bits per heavy atom. The molecule has 6 nitrogen and oxygen atoms in total. The number of aliphatic hydroxyl groups excluding tert-OH is 1. The molecule has 0 bridgehead atoms. The molecule has 1 saturated heterocycles. The summed E-state index contributed by atoms with van der Waals surface area (Å²) in [6.07, 6.45) is -2.54. The van der Waals surface area contributed by atoms with Crippen molar-refractivity contribution in [3.63, 3.8) is 0 Å². The van der Waals surface area contributed by atoms with E-state index in [1.165, 1.54) is 24.6 Å². The first-order valence-electron chi connectivity index (χ1n) is 4.45.